The van der Waals surface area contributed by atoms with Gasteiger partial charge in [0.15, 0.2) is 0 Å². The molecular formula is C19H34N2. The minimum atomic E-state index is 0.209. The number of hydrogen-bond acceptors (Lipinski definition) is 2. The van der Waals surface area contributed by atoms with Gasteiger partial charge in [0.1, 0.15) is 0 Å². The van der Waals surface area contributed by atoms with E-state index >= 15 is 0 Å². The lowest BCUT2D eigenvalue weighted by atomic mass is 10.1. The summed E-state index contributed by atoms with van der Waals surface area (Å²) in [4.78, 5) is 2.42. The van der Waals surface area contributed by atoms with Crippen molar-refractivity contribution in [3.63, 3.8) is 0 Å². The summed E-state index contributed by atoms with van der Waals surface area (Å²) < 4.78 is 0. The topological polar surface area (TPSA) is 15.3 Å². The third kappa shape index (κ3) is 8.90. The van der Waals surface area contributed by atoms with Gasteiger partial charge in [-0.15, -0.1) is 0 Å². The smallest absolute Gasteiger partial charge is 0.0230 e. The highest BCUT2D eigenvalue weighted by Gasteiger charge is 2.07. The largest absolute Gasteiger partial charge is 0.312 e. The molecule has 0 fully saturated rings. The van der Waals surface area contributed by atoms with Crippen LogP contribution in [0.4, 0.5) is 0 Å². The molecule has 1 aromatic carbocycles. The zero-order chi connectivity index (χ0) is 15.7. The summed E-state index contributed by atoms with van der Waals surface area (Å²) in [5.74, 6) is 0. The Labute approximate surface area is 131 Å². The first-order valence-electron chi connectivity index (χ1n) is 8.42. The van der Waals surface area contributed by atoms with E-state index < -0.39 is 0 Å². The summed E-state index contributed by atoms with van der Waals surface area (Å²) in [6.07, 6.45) is 5.04. The van der Waals surface area contributed by atoms with Crippen molar-refractivity contribution in [3.8, 4) is 0 Å². The van der Waals surface area contributed by atoms with Crippen LogP contribution in [0.15, 0.2) is 24.3 Å². The average Bonchev–Trinajstić information content (AvgIpc) is 2.40. The van der Waals surface area contributed by atoms with Gasteiger partial charge in [-0.25, -0.2) is 0 Å². The number of nitrogens with one attached hydrogen (secondary N) is 1. The van der Waals surface area contributed by atoms with Gasteiger partial charge in [0.2, 0.25) is 0 Å². The highest BCUT2D eigenvalue weighted by atomic mass is 15.1. The minimum Gasteiger partial charge on any atom is -0.312 e. The summed E-state index contributed by atoms with van der Waals surface area (Å²) in [6.45, 7) is 12.2. The summed E-state index contributed by atoms with van der Waals surface area (Å²) in [5, 5.41) is 3.54. The highest BCUT2D eigenvalue weighted by Crippen LogP contribution is 2.09. The minimum absolute atomic E-state index is 0.209. The monoisotopic (exact) mass is 290 g/mol. The number of hydrogen-bond donors (Lipinski definition) is 1. The zero-order valence-electron chi connectivity index (χ0n) is 14.7. The van der Waals surface area contributed by atoms with Crippen LogP contribution in [-0.2, 0) is 13.0 Å². The molecule has 0 atom stereocenters. The first-order valence-corrected chi connectivity index (χ1v) is 8.42. The third-order valence-electron chi connectivity index (χ3n) is 3.69. The van der Waals surface area contributed by atoms with Crippen LogP contribution in [0.2, 0.25) is 0 Å². The fourth-order valence-electron chi connectivity index (χ4n) is 2.42. The standard InChI is InChI=1S/C19H34N2/c1-6-7-8-15-21(5)16-18-11-9-17(10-12-18)13-14-20-19(2,3)4/h9-12,20H,6-8,13-16H2,1-5H3. The van der Waals surface area contributed by atoms with Crippen molar-refractivity contribution in [2.24, 2.45) is 0 Å². The van der Waals surface area contributed by atoms with Crippen molar-refractivity contribution in [1.82, 2.24) is 10.2 Å². The van der Waals surface area contributed by atoms with Crippen molar-refractivity contribution >= 4 is 0 Å². The van der Waals surface area contributed by atoms with Crippen molar-refractivity contribution in [2.45, 2.75) is 65.5 Å². The zero-order valence-corrected chi connectivity index (χ0v) is 14.7. The fourth-order valence-corrected chi connectivity index (χ4v) is 2.42. The predicted octanol–water partition coefficient (Wildman–Crippen LogP) is 4.24. The number of nitrogens with zero attached hydrogens (tertiary/aromatic N) is 1. The maximum atomic E-state index is 3.54. The fraction of sp³-hybridized carbons (Fsp3) is 0.684. The normalized spacial score (nSPS) is 12.1. The van der Waals surface area contributed by atoms with Crippen LogP contribution in [0, 0.1) is 0 Å². The predicted molar refractivity (Wildman–Crippen MR) is 93.8 cm³/mol. The SMILES string of the molecule is CCCCCN(C)Cc1ccc(CCNC(C)(C)C)cc1. The van der Waals surface area contributed by atoms with Gasteiger partial charge in [0.05, 0.1) is 0 Å². The molecule has 21 heavy (non-hydrogen) atoms. The average molecular weight is 290 g/mol. The van der Waals surface area contributed by atoms with Crippen LogP contribution in [0.3, 0.4) is 0 Å². The molecule has 1 rings (SSSR count). The lowest BCUT2D eigenvalue weighted by Crippen LogP contribution is -2.37. The van der Waals surface area contributed by atoms with Crippen LogP contribution >= 0.6 is 0 Å². The van der Waals surface area contributed by atoms with Gasteiger partial charge >= 0.3 is 0 Å². The maximum absolute atomic E-state index is 3.54. The summed E-state index contributed by atoms with van der Waals surface area (Å²) in [7, 11) is 2.22. The number of unbranched alkanes of at least 4 members (excludes halogenated alkanes) is 2. The Morgan fingerprint density at radius 3 is 2.19 bits per heavy atom. The molecule has 0 amide bonds. The second-order valence-electron chi connectivity index (χ2n) is 7.19. The molecule has 1 N–H and O–H groups in total. The summed E-state index contributed by atoms with van der Waals surface area (Å²) >= 11 is 0. The molecule has 0 aliphatic carbocycles. The number of rotatable bonds is 9. The molecule has 0 aliphatic heterocycles. The van der Waals surface area contributed by atoms with Gasteiger partial charge in [-0.05, 0) is 64.9 Å². The molecule has 0 heterocycles. The van der Waals surface area contributed by atoms with Crippen LogP contribution in [-0.4, -0.2) is 30.6 Å². The van der Waals surface area contributed by atoms with Crippen molar-refractivity contribution in [2.75, 3.05) is 20.1 Å². The molecule has 0 saturated carbocycles. The van der Waals surface area contributed by atoms with Crippen LogP contribution in [0.25, 0.3) is 0 Å². The van der Waals surface area contributed by atoms with E-state index in [0.717, 1.165) is 19.5 Å². The molecule has 120 valence electrons. The molecule has 0 saturated heterocycles. The molecule has 0 aliphatic rings. The molecular weight excluding hydrogens is 256 g/mol. The Balaban J connectivity index is 2.33. The van der Waals surface area contributed by atoms with Gasteiger partial charge < -0.3 is 10.2 Å². The van der Waals surface area contributed by atoms with Gasteiger partial charge in [0, 0.05) is 12.1 Å². The molecule has 0 spiro atoms. The van der Waals surface area contributed by atoms with E-state index in [1.165, 1.54) is 36.9 Å². The Bertz CT molecular complexity index is 376. The third-order valence-corrected chi connectivity index (χ3v) is 3.69. The first kappa shape index (κ1) is 18.2. The van der Waals surface area contributed by atoms with Crippen molar-refractivity contribution in [3.05, 3.63) is 35.4 Å². The Hall–Kier alpha value is -0.860. The maximum Gasteiger partial charge on any atom is 0.0230 e. The quantitative estimate of drug-likeness (QED) is 0.684. The number of benzene rings is 1. The van der Waals surface area contributed by atoms with Crippen LogP contribution in [0.1, 0.15) is 58.1 Å². The highest BCUT2D eigenvalue weighted by molar-refractivity contribution is 5.22. The van der Waals surface area contributed by atoms with E-state index in [1.54, 1.807) is 0 Å². The van der Waals surface area contributed by atoms with Gasteiger partial charge in [-0.3, -0.25) is 0 Å². The molecule has 1 aromatic rings. The van der Waals surface area contributed by atoms with Crippen molar-refractivity contribution < 1.29 is 0 Å². The van der Waals surface area contributed by atoms with E-state index in [4.69, 9.17) is 0 Å². The summed E-state index contributed by atoms with van der Waals surface area (Å²) in [6, 6.07) is 9.12. The van der Waals surface area contributed by atoms with Gasteiger partial charge in [-0.2, -0.15) is 0 Å². The molecule has 0 unspecified atom stereocenters. The molecule has 0 radical (unpaired) electrons. The lowest BCUT2D eigenvalue weighted by molar-refractivity contribution is 0.318. The molecule has 0 bridgehead atoms. The van der Waals surface area contributed by atoms with Crippen molar-refractivity contribution in [1.29, 1.82) is 0 Å². The molecule has 0 aromatic heterocycles. The lowest BCUT2D eigenvalue weighted by Gasteiger charge is -2.20. The van der Waals surface area contributed by atoms with Crippen LogP contribution < -0.4 is 5.32 Å². The van der Waals surface area contributed by atoms with Gasteiger partial charge in [-0.1, -0.05) is 44.0 Å². The van der Waals surface area contributed by atoms with E-state index in [0.29, 0.717) is 0 Å². The summed E-state index contributed by atoms with van der Waals surface area (Å²) in [5.41, 5.74) is 3.05. The molecule has 2 heteroatoms. The first-order chi connectivity index (χ1) is 9.90. The van der Waals surface area contributed by atoms with Gasteiger partial charge in [0.25, 0.3) is 0 Å². The Kier molecular flexibility index (Phi) is 7.98. The molecule has 2 nitrogen and oxygen atoms in total. The van der Waals surface area contributed by atoms with E-state index in [9.17, 15) is 0 Å². The van der Waals surface area contributed by atoms with E-state index in [-0.39, 0.29) is 5.54 Å². The van der Waals surface area contributed by atoms with E-state index in [1.807, 2.05) is 0 Å². The second-order valence-corrected chi connectivity index (χ2v) is 7.19. The van der Waals surface area contributed by atoms with E-state index in [2.05, 4.69) is 69.2 Å². The van der Waals surface area contributed by atoms with Crippen LogP contribution in [0.5, 0.6) is 0 Å². The Morgan fingerprint density at radius 1 is 1.00 bits per heavy atom. The Morgan fingerprint density at radius 2 is 1.62 bits per heavy atom. The second kappa shape index (κ2) is 9.22.